The number of anilines is 1. The SMILES string of the molecule is CCN(CC)c1ccc2c(c1)OC1=C3C=CC(=N)C=C3CCC1=C2P(=O)(OC)OC. The van der Waals surface area contributed by atoms with Gasteiger partial charge in [-0.2, -0.15) is 0 Å². The molecule has 0 fully saturated rings. The van der Waals surface area contributed by atoms with Gasteiger partial charge in [0.15, 0.2) is 0 Å². The highest BCUT2D eigenvalue weighted by atomic mass is 31.2. The van der Waals surface area contributed by atoms with Gasteiger partial charge >= 0.3 is 7.60 Å². The molecular formula is C23H27N2O4P. The average molecular weight is 426 g/mol. The van der Waals surface area contributed by atoms with Crippen LogP contribution in [0.25, 0.3) is 5.31 Å². The van der Waals surface area contributed by atoms with Gasteiger partial charge in [-0.25, -0.2) is 0 Å². The molecule has 0 spiro atoms. The second kappa shape index (κ2) is 8.03. The van der Waals surface area contributed by atoms with E-state index in [4.69, 9.17) is 19.2 Å². The van der Waals surface area contributed by atoms with Crippen molar-refractivity contribution >= 4 is 24.3 Å². The molecule has 7 heteroatoms. The molecule has 1 aliphatic heterocycles. The molecule has 30 heavy (non-hydrogen) atoms. The maximum atomic E-state index is 13.6. The lowest BCUT2D eigenvalue weighted by Gasteiger charge is -2.34. The van der Waals surface area contributed by atoms with Crippen molar-refractivity contribution in [3.63, 3.8) is 0 Å². The van der Waals surface area contributed by atoms with E-state index >= 15 is 0 Å². The second-order valence-corrected chi connectivity index (χ2v) is 9.52. The van der Waals surface area contributed by atoms with Gasteiger partial charge in [0.05, 0.1) is 11.0 Å². The van der Waals surface area contributed by atoms with Crippen LogP contribution in [-0.2, 0) is 13.6 Å². The van der Waals surface area contributed by atoms with Crippen molar-refractivity contribution in [2.75, 3.05) is 32.2 Å². The van der Waals surface area contributed by atoms with Crippen molar-refractivity contribution in [1.82, 2.24) is 0 Å². The first-order chi connectivity index (χ1) is 14.5. The van der Waals surface area contributed by atoms with Crippen LogP contribution >= 0.6 is 7.60 Å². The Morgan fingerprint density at radius 2 is 1.87 bits per heavy atom. The summed E-state index contributed by atoms with van der Waals surface area (Å²) in [4.78, 5) is 2.24. The summed E-state index contributed by atoms with van der Waals surface area (Å²) in [6.07, 6.45) is 6.93. The highest BCUT2D eigenvalue weighted by Crippen LogP contribution is 2.65. The van der Waals surface area contributed by atoms with Crippen molar-refractivity contribution < 1.29 is 18.3 Å². The summed E-state index contributed by atoms with van der Waals surface area (Å²) < 4.78 is 30.9. The molecular weight excluding hydrogens is 399 g/mol. The molecule has 1 aromatic rings. The van der Waals surface area contributed by atoms with E-state index in [1.807, 2.05) is 30.4 Å². The van der Waals surface area contributed by atoms with Gasteiger partial charge in [-0.15, -0.1) is 0 Å². The van der Waals surface area contributed by atoms with Crippen LogP contribution in [0.4, 0.5) is 5.69 Å². The second-order valence-electron chi connectivity index (χ2n) is 7.35. The summed E-state index contributed by atoms with van der Waals surface area (Å²) in [5.41, 5.74) is 5.12. The van der Waals surface area contributed by atoms with Crippen molar-refractivity contribution in [3.8, 4) is 5.75 Å². The fourth-order valence-electron chi connectivity index (χ4n) is 4.32. The Kier molecular flexibility index (Phi) is 5.58. The summed E-state index contributed by atoms with van der Waals surface area (Å²) in [7, 11) is -0.691. The molecule has 2 aliphatic carbocycles. The maximum absolute atomic E-state index is 13.6. The number of fused-ring (bicyclic) bond motifs is 3. The summed E-state index contributed by atoms with van der Waals surface area (Å²) in [6.45, 7) is 5.98. The minimum Gasteiger partial charge on any atom is -0.456 e. The quantitative estimate of drug-likeness (QED) is 0.592. The molecule has 6 nitrogen and oxygen atoms in total. The van der Waals surface area contributed by atoms with Gasteiger partial charge in [-0.05, 0) is 62.6 Å². The molecule has 0 saturated carbocycles. The Bertz CT molecular complexity index is 1070. The monoisotopic (exact) mass is 426 g/mol. The number of hydrogen-bond acceptors (Lipinski definition) is 6. The average Bonchev–Trinajstić information content (AvgIpc) is 2.77. The van der Waals surface area contributed by atoms with Crippen LogP contribution in [0.15, 0.2) is 58.9 Å². The topological polar surface area (TPSA) is 71.9 Å². The van der Waals surface area contributed by atoms with Gasteiger partial charge < -0.3 is 24.1 Å². The van der Waals surface area contributed by atoms with Gasteiger partial charge in [0.2, 0.25) is 0 Å². The van der Waals surface area contributed by atoms with E-state index in [0.717, 1.165) is 47.5 Å². The standard InChI is InChI=1S/C23H27N2O4P/c1-5-25(6-2)17-9-12-19-21(14-17)29-22-18-11-8-16(24)13-15(18)7-10-20(22)23(19)30(26,27-3)28-4/h8-9,11-14,24H,5-7,10H2,1-4H3. The lowest BCUT2D eigenvalue weighted by atomic mass is 9.83. The van der Waals surface area contributed by atoms with Crippen LogP contribution in [0.2, 0.25) is 0 Å². The molecule has 158 valence electrons. The number of rotatable bonds is 6. The number of nitrogens with zero attached hydrogens (tertiary/aromatic N) is 1. The summed E-state index contributed by atoms with van der Waals surface area (Å²) >= 11 is 0. The number of nitrogens with one attached hydrogen (secondary N) is 1. The summed E-state index contributed by atoms with van der Waals surface area (Å²) in [5.74, 6) is 1.33. The number of hydrogen-bond donors (Lipinski definition) is 1. The maximum Gasteiger partial charge on any atom is 0.361 e. The first-order valence-corrected chi connectivity index (χ1v) is 11.7. The Labute approximate surface area is 177 Å². The number of ether oxygens (including phenoxy) is 1. The molecule has 0 saturated heterocycles. The molecule has 4 rings (SSSR count). The zero-order valence-corrected chi connectivity index (χ0v) is 18.7. The van der Waals surface area contributed by atoms with Crippen molar-refractivity contribution in [2.45, 2.75) is 26.7 Å². The molecule has 0 radical (unpaired) electrons. The Morgan fingerprint density at radius 1 is 1.13 bits per heavy atom. The summed E-state index contributed by atoms with van der Waals surface area (Å²) in [6, 6.07) is 5.98. The third kappa shape index (κ3) is 3.29. The van der Waals surface area contributed by atoms with Gasteiger partial charge in [0.25, 0.3) is 0 Å². The molecule has 1 heterocycles. The predicted octanol–water partition coefficient (Wildman–Crippen LogP) is 5.69. The van der Waals surface area contributed by atoms with Crippen LogP contribution in [-0.4, -0.2) is 33.0 Å². The third-order valence-corrected chi connectivity index (χ3v) is 7.89. The van der Waals surface area contributed by atoms with E-state index in [-0.39, 0.29) is 0 Å². The zero-order chi connectivity index (χ0) is 21.5. The van der Waals surface area contributed by atoms with E-state index in [1.54, 1.807) is 6.08 Å². The molecule has 1 N–H and O–H groups in total. The van der Waals surface area contributed by atoms with Gasteiger partial charge in [0, 0.05) is 55.8 Å². The third-order valence-electron chi connectivity index (χ3n) is 5.87. The highest BCUT2D eigenvalue weighted by Gasteiger charge is 2.41. The van der Waals surface area contributed by atoms with E-state index in [1.165, 1.54) is 14.2 Å². The first kappa shape index (κ1) is 20.9. The predicted molar refractivity (Wildman–Crippen MR) is 120 cm³/mol. The van der Waals surface area contributed by atoms with Crippen LogP contribution in [0.3, 0.4) is 0 Å². The van der Waals surface area contributed by atoms with Gasteiger partial charge in [-0.3, -0.25) is 4.57 Å². The lowest BCUT2D eigenvalue weighted by molar-refractivity contribution is 0.287. The highest BCUT2D eigenvalue weighted by molar-refractivity contribution is 7.65. The fraction of sp³-hybridized carbons (Fsp3) is 0.348. The van der Waals surface area contributed by atoms with E-state index in [2.05, 4.69) is 18.7 Å². The molecule has 0 amide bonds. The smallest absolute Gasteiger partial charge is 0.361 e. The van der Waals surface area contributed by atoms with Crippen LogP contribution in [0.5, 0.6) is 5.75 Å². The minimum atomic E-state index is -3.52. The van der Waals surface area contributed by atoms with Crippen molar-refractivity contribution in [2.24, 2.45) is 0 Å². The molecule has 3 aliphatic rings. The van der Waals surface area contributed by atoms with Crippen LogP contribution in [0, 0.1) is 5.41 Å². The number of benzene rings is 1. The van der Waals surface area contributed by atoms with E-state index in [9.17, 15) is 4.57 Å². The zero-order valence-electron chi connectivity index (χ0n) is 17.8. The fourth-order valence-corrected chi connectivity index (χ4v) is 5.86. The molecule has 0 bridgehead atoms. The Hall–Kier alpha value is -2.40. The van der Waals surface area contributed by atoms with Crippen LogP contribution < -0.4 is 9.64 Å². The van der Waals surface area contributed by atoms with E-state index < -0.39 is 7.60 Å². The lowest BCUT2D eigenvalue weighted by Crippen LogP contribution is -2.23. The molecule has 0 atom stereocenters. The van der Waals surface area contributed by atoms with Crippen molar-refractivity contribution in [3.05, 3.63) is 64.5 Å². The molecule has 1 aromatic carbocycles. The van der Waals surface area contributed by atoms with Crippen LogP contribution in [0.1, 0.15) is 32.3 Å². The van der Waals surface area contributed by atoms with E-state index in [0.29, 0.717) is 29.0 Å². The van der Waals surface area contributed by atoms with Gasteiger partial charge in [-0.1, -0.05) is 0 Å². The normalized spacial score (nSPS) is 17.9. The van der Waals surface area contributed by atoms with Crippen molar-refractivity contribution in [1.29, 1.82) is 5.41 Å². The minimum absolute atomic E-state index is 0.474. The van der Waals surface area contributed by atoms with Gasteiger partial charge in [0.1, 0.15) is 11.5 Å². The Balaban J connectivity index is 1.98. The Morgan fingerprint density at radius 3 is 2.53 bits per heavy atom. The molecule has 0 unspecified atom stereocenters. The summed E-state index contributed by atoms with van der Waals surface area (Å²) in [5, 5.41) is 8.53. The largest absolute Gasteiger partial charge is 0.456 e. The number of allylic oxidation sites excluding steroid dienone is 6. The molecule has 0 aromatic heterocycles. The first-order valence-electron chi connectivity index (χ1n) is 10.2.